The minimum absolute atomic E-state index is 0.0206. The number of aliphatic hydroxyl groups excluding tert-OH is 1. The number of hydrogen-bond acceptors (Lipinski definition) is 7. The molecule has 1 amide bonds. The van der Waals surface area contributed by atoms with Crippen LogP contribution in [0.15, 0.2) is 18.3 Å². The third-order valence-corrected chi connectivity index (χ3v) is 6.42. The third kappa shape index (κ3) is 3.63. The molecule has 2 fully saturated rings. The molecular weight excluding hydrogens is 346 g/mol. The molecule has 3 rings (SSSR count). The zero-order valence-corrected chi connectivity index (χ0v) is 15.0. The Morgan fingerprint density at radius 3 is 2.84 bits per heavy atom. The van der Waals surface area contributed by atoms with Gasteiger partial charge in [-0.25, -0.2) is 13.4 Å². The number of carbonyl (C=O) groups excluding carboxylic acids is 1. The van der Waals surface area contributed by atoms with Crippen molar-refractivity contribution in [3.63, 3.8) is 0 Å². The van der Waals surface area contributed by atoms with Gasteiger partial charge >= 0.3 is 0 Å². The van der Waals surface area contributed by atoms with E-state index in [1.807, 2.05) is 11.8 Å². The summed E-state index contributed by atoms with van der Waals surface area (Å²) >= 11 is 0. The summed E-state index contributed by atoms with van der Waals surface area (Å²) in [6, 6.07) is 2.63. The first-order chi connectivity index (χ1) is 12.0. The van der Waals surface area contributed by atoms with Gasteiger partial charge in [0.2, 0.25) is 5.88 Å². The van der Waals surface area contributed by atoms with Gasteiger partial charge in [0.15, 0.2) is 9.84 Å². The molecule has 1 N–H and O–H groups in total. The second-order valence-corrected chi connectivity index (χ2v) is 8.41. The molecule has 2 atom stereocenters. The van der Waals surface area contributed by atoms with Crippen LogP contribution in [0.5, 0.6) is 5.88 Å². The highest BCUT2D eigenvalue weighted by molar-refractivity contribution is 7.91. The van der Waals surface area contributed by atoms with Gasteiger partial charge in [-0.3, -0.25) is 9.69 Å². The molecule has 25 heavy (non-hydrogen) atoms. The fourth-order valence-corrected chi connectivity index (χ4v) is 5.65. The molecule has 2 saturated heterocycles. The molecule has 2 aliphatic rings. The van der Waals surface area contributed by atoms with Crippen LogP contribution in [0.2, 0.25) is 0 Å². The van der Waals surface area contributed by atoms with E-state index in [-0.39, 0.29) is 35.9 Å². The van der Waals surface area contributed by atoms with Crippen molar-refractivity contribution in [2.24, 2.45) is 0 Å². The number of piperazine rings is 1. The maximum absolute atomic E-state index is 13.1. The Bertz CT molecular complexity index is 739. The highest BCUT2D eigenvalue weighted by Gasteiger charge is 2.48. The van der Waals surface area contributed by atoms with Crippen molar-refractivity contribution in [3.05, 3.63) is 23.9 Å². The molecule has 0 bridgehead atoms. The van der Waals surface area contributed by atoms with Crippen LogP contribution in [-0.4, -0.2) is 90.7 Å². The van der Waals surface area contributed by atoms with Crippen LogP contribution >= 0.6 is 0 Å². The van der Waals surface area contributed by atoms with Gasteiger partial charge in [-0.15, -0.1) is 0 Å². The van der Waals surface area contributed by atoms with Gasteiger partial charge in [0.05, 0.1) is 30.8 Å². The molecule has 0 aromatic carbocycles. The summed E-state index contributed by atoms with van der Waals surface area (Å²) in [5.74, 6) is -0.0139. The molecule has 2 aliphatic heterocycles. The molecule has 8 nitrogen and oxygen atoms in total. The first-order valence-corrected chi connectivity index (χ1v) is 10.2. The van der Waals surface area contributed by atoms with Crippen molar-refractivity contribution in [3.8, 4) is 5.88 Å². The number of amides is 1. The maximum Gasteiger partial charge on any atom is 0.259 e. The predicted molar refractivity (Wildman–Crippen MR) is 91.3 cm³/mol. The van der Waals surface area contributed by atoms with Crippen LogP contribution in [-0.2, 0) is 9.84 Å². The second-order valence-electron chi connectivity index (χ2n) is 6.26. The largest absolute Gasteiger partial charge is 0.477 e. The van der Waals surface area contributed by atoms with Crippen LogP contribution in [0.3, 0.4) is 0 Å². The van der Waals surface area contributed by atoms with Crippen LogP contribution in [0.1, 0.15) is 17.3 Å². The van der Waals surface area contributed by atoms with E-state index in [0.29, 0.717) is 31.8 Å². The fourth-order valence-electron chi connectivity index (χ4n) is 3.64. The molecule has 1 aromatic rings. The van der Waals surface area contributed by atoms with Gasteiger partial charge in [-0.1, -0.05) is 0 Å². The average Bonchev–Trinajstić information content (AvgIpc) is 2.91. The number of aromatic nitrogens is 1. The lowest BCUT2D eigenvalue weighted by molar-refractivity contribution is 0.0278. The molecule has 0 aliphatic carbocycles. The van der Waals surface area contributed by atoms with E-state index in [9.17, 15) is 18.3 Å². The molecule has 0 spiro atoms. The molecule has 3 heterocycles. The Labute approximate surface area is 147 Å². The lowest BCUT2D eigenvalue weighted by Gasteiger charge is -2.43. The van der Waals surface area contributed by atoms with E-state index in [4.69, 9.17) is 4.74 Å². The van der Waals surface area contributed by atoms with E-state index in [1.165, 1.54) is 0 Å². The van der Waals surface area contributed by atoms with Gasteiger partial charge in [-0.05, 0) is 19.1 Å². The molecule has 9 heteroatoms. The van der Waals surface area contributed by atoms with Crippen molar-refractivity contribution in [1.82, 2.24) is 14.8 Å². The Morgan fingerprint density at radius 1 is 1.36 bits per heavy atom. The van der Waals surface area contributed by atoms with E-state index in [1.54, 1.807) is 23.2 Å². The van der Waals surface area contributed by atoms with Gasteiger partial charge in [0.25, 0.3) is 5.91 Å². The Kier molecular flexibility index (Phi) is 5.26. The molecule has 0 unspecified atom stereocenters. The molecule has 1 aromatic heterocycles. The van der Waals surface area contributed by atoms with Crippen LogP contribution in [0, 0.1) is 0 Å². The predicted octanol–water partition coefficient (Wildman–Crippen LogP) is -0.604. The number of β-amino-alcohol motifs (C(OH)–C–C–N with tert-alkyl or cyclic N) is 1. The van der Waals surface area contributed by atoms with Crippen LogP contribution in [0.25, 0.3) is 0 Å². The van der Waals surface area contributed by atoms with Crippen LogP contribution < -0.4 is 4.74 Å². The first kappa shape index (κ1) is 18.1. The van der Waals surface area contributed by atoms with Gasteiger partial charge in [-0.2, -0.15) is 0 Å². The standard InChI is InChI=1S/C16H23N3O5S/c1-2-24-15-12(4-3-5-17-15)16(21)19-7-6-18(8-9-20)13-10-25(22,23)11-14(13)19/h3-5,13-14,20H,2,6-11H2,1H3/t13-,14+/m1/s1. The first-order valence-electron chi connectivity index (χ1n) is 8.41. The van der Waals surface area contributed by atoms with Crippen molar-refractivity contribution in [2.75, 3.05) is 44.4 Å². The summed E-state index contributed by atoms with van der Waals surface area (Å²) in [4.78, 5) is 20.8. The molecule has 138 valence electrons. The monoisotopic (exact) mass is 369 g/mol. The molecular formula is C16H23N3O5S. The smallest absolute Gasteiger partial charge is 0.259 e. The molecule has 0 radical (unpaired) electrons. The zero-order chi connectivity index (χ0) is 18.0. The van der Waals surface area contributed by atoms with Crippen molar-refractivity contribution in [2.45, 2.75) is 19.0 Å². The number of nitrogens with zero attached hydrogens (tertiary/aromatic N) is 3. The van der Waals surface area contributed by atoms with E-state index in [0.717, 1.165) is 0 Å². The summed E-state index contributed by atoms with van der Waals surface area (Å²) in [6.07, 6.45) is 1.56. The normalized spacial score (nSPS) is 25.6. The second kappa shape index (κ2) is 7.27. The number of sulfone groups is 1. The summed E-state index contributed by atoms with van der Waals surface area (Å²) in [6.45, 7) is 3.53. The summed E-state index contributed by atoms with van der Waals surface area (Å²) in [5.41, 5.74) is 0.350. The quantitative estimate of drug-likeness (QED) is 0.739. The zero-order valence-electron chi connectivity index (χ0n) is 14.2. The van der Waals surface area contributed by atoms with Gasteiger partial charge in [0.1, 0.15) is 5.56 Å². The van der Waals surface area contributed by atoms with E-state index in [2.05, 4.69) is 4.98 Å². The lowest BCUT2D eigenvalue weighted by Crippen LogP contribution is -2.61. The lowest BCUT2D eigenvalue weighted by atomic mass is 10.0. The number of aliphatic hydroxyl groups is 1. The number of rotatable bonds is 5. The highest BCUT2D eigenvalue weighted by atomic mass is 32.2. The number of ether oxygens (including phenoxy) is 1. The average molecular weight is 369 g/mol. The Balaban J connectivity index is 1.89. The number of fused-ring (bicyclic) bond motifs is 1. The Hall–Kier alpha value is -1.71. The van der Waals surface area contributed by atoms with Crippen LogP contribution in [0.4, 0.5) is 0 Å². The summed E-state index contributed by atoms with van der Waals surface area (Å²) in [7, 11) is -3.21. The van der Waals surface area contributed by atoms with E-state index >= 15 is 0 Å². The SMILES string of the molecule is CCOc1ncccc1C(=O)N1CCN(CCO)[C@@H]2CS(=O)(=O)C[C@@H]21. The van der Waals surface area contributed by atoms with Gasteiger partial charge in [0, 0.05) is 31.9 Å². The third-order valence-electron chi connectivity index (χ3n) is 4.72. The minimum atomic E-state index is -3.21. The summed E-state index contributed by atoms with van der Waals surface area (Å²) in [5, 5.41) is 9.22. The topological polar surface area (TPSA) is 100 Å². The maximum atomic E-state index is 13.1. The van der Waals surface area contributed by atoms with Crippen molar-refractivity contribution in [1.29, 1.82) is 0 Å². The van der Waals surface area contributed by atoms with Gasteiger partial charge < -0.3 is 14.7 Å². The number of pyridine rings is 1. The fraction of sp³-hybridized carbons (Fsp3) is 0.625. The highest BCUT2D eigenvalue weighted by Crippen LogP contribution is 2.29. The van der Waals surface area contributed by atoms with Crippen molar-refractivity contribution >= 4 is 15.7 Å². The Morgan fingerprint density at radius 2 is 2.12 bits per heavy atom. The summed E-state index contributed by atoms with van der Waals surface area (Å²) < 4.78 is 29.8. The number of carbonyl (C=O) groups is 1. The van der Waals surface area contributed by atoms with E-state index < -0.39 is 15.9 Å². The number of hydrogen-bond donors (Lipinski definition) is 1. The van der Waals surface area contributed by atoms with Crippen molar-refractivity contribution < 1.29 is 23.1 Å². The minimum Gasteiger partial charge on any atom is -0.477 e. The molecule has 0 saturated carbocycles.